The summed E-state index contributed by atoms with van der Waals surface area (Å²) in [6, 6.07) is 7.93. The SMILES string of the molecule is CCCCOCCOc1nc(-c2ccc(C(=O)O)c(F)c2)sc1C.CCCCOCCOc1nc(-c2ccc(C(=O)O)c(F)c2)sc1C. The zero-order chi connectivity index (χ0) is 35.1. The van der Waals surface area contributed by atoms with Gasteiger partial charge in [0, 0.05) is 24.3 Å². The Bertz CT molecular complexity index is 1520. The zero-order valence-electron chi connectivity index (χ0n) is 27.3. The van der Waals surface area contributed by atoms with Crippen LogP contribution in [0.25, 0.3) is 21.1 Å². The van der Waals surface area contributed by atoms with Gasteiger partial charge in [0.15, 0.2) is 0 Å². The van der Waals surface area contributed by atoms with Crippen molar-refractivity contribution in [1.82, 2.24) is 9.97 Å². The van der Waals surface area contributed by atoms with E-state index in [0.717, 1.165) is 48.7 Å². The van der Waals surface area contributed by atoms with Gasteiger partial charge in [-0.25, -0.2) is 28.3 Å². The number of aryl methyl sites for hydroxylation is 2. The Morgan fingerprint density at radius 3 is 1.40 bits per heavy atom. The third-order valence-corrected chi connectivity index (χ3v) is 8.62. The highest BCUT2D eigenvalue weighted by molar-refractivity contribution is 7.15. The first-order valence-electron chi connectivity index (χ1n) is 15.5. The van der Waals surface area contributed by atoms with Crippen molar-refractivity contribution in [3.05, 3.63) is 68.9 Å². The summed E-state index contributed by atoms with van der Waals surface area (Å²) in [4.78, 5) is 32.2. The Morgan fingerprint density at radius 2 is 1.06 bits per heavy atom. The van der Waals surface area contributed by atoms with E-state index >= 15 is 0 Å². The van der Waals surface area contributed by atoms with Gasteiger partial charge >= 0.3 is 11.9 Å². The molecular weight excluding hydrogens is 667 g/mol. The molecule has 14 heteroatoms. The maximum atomic E-state index is 13.8. The Morgan fingerprint density at radius 1 is 0.667 bits per heavy atom. The Balaban J connectivity index is 0.000000260. The third kappa shape index (κ3) is 11.6. The average Bonchev–Trinajstić information content (AvgIpc) is 3.61. The number of nitrogens with zero attached hydrogens (tertiary/aromatic N) is 2. The van der Waals surface area contributed by atoms with E-state index in [2.05, 4.69) is 23.8 Å². The molecule has 0 saturated carbocycles. The minimum absolute atomic E-state index is 0.354. The van der Waals surface area contributed by atoms with Gasteiger partial charge in [-0.1, -0.05) is 38.8 Å². The lowest BCUT2D eigenvalue weighted by atomic mass is 10.1. The molecule has 0 aliphatic rings. The Kier molecular flexibility index (Phi) is 15.8. The fourth-order valence-corrected chi connectivity index (χ4v) is 5.72. The van der Waals surface area contributed by atoms with Crippen molar-refractivity contribution in [2.75, 3.05) is 39.6 Å². The maximum absolute atomic E-state index is 13.8. The molecule has 48 heavy (non-hydrogen) atoms. The number of halogens is 2. The molecule has 0 atom stereocenters. The summed E-state index contributed by atoms with van der Waals surface area (Å²) in [6.07, 6.45) is 4.23. The van der Waals surface area contributed by atoms with Crippen LogP contribution in [0.2, 0.25) is 0 Å². The number of carboxylic acid groups (broad SMARTS) is 2. The van der Waals surface area contributed by atoms with E-state index in [-0.39, 0.29) is 11.1 Å². The van der Waals surface area contributed by atoms with E-state index in [4.69, 9.17) is 29.2 Å². The molecule has 260 valence electrons. The monoisotopic (exact) mass is 706 g/mol. The minimum atomic E-state index is -1.29. The largest absolute Gasteiger partial charge is 0.478 e. The zero-order valence-corrected chi connectivity index (χ0v) is 29.0. The molecule has 2 aromatic heterocycles. The molecular formula is C34H40F2N2O8S2. The van der Waals surface area contributed by atoms with Crippen molar-refractivity contribution in [2.45, 2.75) is 53.4 Å². The molecule has 0 amide bonds. The molecule has 2 heterocycles. The van der Waals surface area contributed by atoms with Gasteiger partial charge in [0.25, 0.3) is 0 Å². The summed E-state index contributed by atoms with van der Waals surface area (Å²) in [7, 11) is 0. The number of hydrogen-bond donors (Lipinski definition) is 2. The highest BCUT2D eigenvalue weighted by Gasteiger charge is 2.17. The first-order valence-corrected chi connectivity index (χ1v) is 17.1. The smallest absolute Gasteiger partial charge is 0.338 e. The van der Waals surface area contributed by atoms with Crippen LogP contribution in [0.3, 0.4) is 0 Å². The van der Waals surface area contributed by atoms with Gasteiger partial charge in [-0.15, -0.1) is 22.7 Å². The second kappa shape index (κ2) is 19.7. The fourth-order valence-electron chi connectivity index (χ4n) is 4.01. The topological polar surface area (TPSA) is 137 Å². The van der Waals surface area contributed by atoms with Crippen LogP contribution in [0.5, 0.6) is 11.8 Å². The molecule has 4 aromatic rings. The van der Waals surface area contributed by atoms with Gasteiger partial charge in [0.1, 0.15) is 34.9 Å². The number of rotatable bonds is 18. The first kappa shape index (κ1) is 38.5. The number of aromatic carboxylic acids is 2. The molecule has 0 aliphatic carbocycles. The lowest BCUT2D eigenvalue weighted by molar-refractivity contribution is 0.0680. The van der Waals surface area contributed by atoms with Gasteiger partial charge in [0.2, 0.25) is 11.8 Å². The summed E-state index contributed by atoms with van der Waals surface area (Å²) in [6.45, 7) is 11.2. The second-order valence-corrected chi connectivity index (χ2v) is 12.8. The van der Waals surface area contributed by atoms with E-state index in [9.17, 15) is 18.4 Å². The number of benzene rings is 2. The van der Waals surface area contributed by atoms with Crippen LogP contribution in [0, 0.1) is 25.5 Å². The van der Waals surface area contributed by atoms with Crippen molar-refractivity contribution in [3.8, 4) is 32.9 Å². The number of ether oxygens (including phenoxy) is 4. The van der Waals surface area contributed by atoms with Crippen molar-refractivity contribution < 1.29 is 47.5 Å². The van der Waals surface area contributed by atoms with E-state index < -0.39 is 23.6 Å². The van der Waals surface area contributed by atoms with Crippen molar-refractivity contribution in [3.63, 3.8) is 0 Å². The van der Waals surface area contributed by atoms with Gasteiger partial charge in [0.05, 0.1) is 34.1 Å². The predicted octanol–water partition coefficient (Wildman–Crippen LogP) is 8.30. The maximum Gasteiger partial charge on any atom is 0.338 e. The first-order chi connectivity index (χ1) is 23.0. The number of aromatic nitrogens is 2. The van der Waals surface area contributed by atoms with Crippen LogP contribution >= 0.6 is 22.7 Å². The van der Waals surface area contributed by atoms with Crippen LogP contribution in [-0.2, 0) is 9.47 Å². The summed E-state index contributed by atoms with van der Waals surface area (Å²) < 4.78 is 49.6. The van der Waals surface area contributed by atoms with Gasteiger partial charge in [-0.3, -0.25) is 0 Å². The Hall–Kier alpha value is -3.98. The minimum Gasteiger partial charge on any atom is -0.478 e. The standard InChI is InChI=1S/2C17H20FNO4S/c2*1-3-4-7-22-8-9-23-15-11(2)24-16(19-15)12-5-6-13(17(20)21)14(18)10-12/h2*5-6,10H,3-4,7-9H2,1-2H3,(H,20,21). The van der Waals surface area contributed by atoms with Crippen LogP contribution in [0.4, 0.5) is 8.78 Å². The number of carbonyl (C=O) groups is 2. The van der Waals surface area contributed by atoms with E-state index in [1.165, 1.54) is 46.9 Å². The Labute approximate surface area is 286 Å². The average molecular weight is 707 g/mol. The van der Waals surface area contributed by atoms with Crippen LogP contribution in [0.15, 0.2) is 36.4 Å². The van der Waals surface area contributed by atoms with E-state index in [1.807, 2.05) is 13.8 Å². The molecule has 0 saturated heterocycles. The van der Waals surface area contributed by atoms with Gasteiger partial charge < -0.3 is 29.2 Å². The molecule has 0 radical (unpaired) electrons. The molecule has 0 aliphatic heterocycles. The highest BCUT2D eigenvalue weighted by Crippen LogP contribution is 2.34. The molecule has 0 bridgehead atoms. The quantitative estimate of drug-likeness (QED) is 0.0972. The molecule has 0 unspecified atom stereocenters. The van der Waals surface area contributed by atoms with Crippen LogP contribution in [-0.4, -0.2) is 71.8 Å². The van der Waals surface area contributed by atoms with E-state index in [0.29, 0.717) is 59.3 Å². The van der Waals surface area contributed by atoms with Crippen molar-refractivity contribution in [2.24, 2.45) is 0 Å². The second-order valence-electron chi connectivity index (χ2n) is 10.4. The normalized spacial score (nSPS) is 10.8. The van der Waals surface area contributed by atoms with Crippen molar-refractivity contribution in [1.29, 1.82) is 0 Å². The summed E-state index contributed by atoms with van der Waals surface area (Å²) >= 11 is 2.74. The van der Waals surface area contributed by atoms with Crippen LogP contribution in [0.1, 0.15) is 70.0 Å². The third-order valence-electron chi connectivity index (χ3n) is 6.62. The highest BCUT2D eigenvalue weighted by atomic mass is 32.1. The number of thiazole rings is 2. The molecule has 0 spiro atoms. The number of unbranched alkanes of at least 4 members (excludes halogenated alkanes) is 2. The molecule has 2 aromatic carbocycles. The summed E-state index contributed by atoms with van der Waals surface area (Å²) in [5.41, 5.74) is 0.347. The van der Waals surface area contributed by atoms with Gasteiger partial charge in [-0.05, 0) is 51.0 Å². The lowest BCUT2D eigenvalue weighted by Crippen LogP contribution is -2.08. The number of hydrogen-bond acceptors (Lipinski definition) is 10. The van der Waals surface area contributed by atoms with Gasteiger partial charge in [-0.2, -0.15) is 0 Å². The summed E-state index contributed by atoms with van der Waals surface area (Å²) in [5.74, 6) is -3.14. The fraction of sp³-hybridized carbons (Fsp3) is 0.412. The number of carboxylic acids is 2. The van der Waals surface area contributed by atoms with E-state index in [1.54, 1.807) is 12.1 Å². The molecule has 2 N–H and O–H groups in total. The van der Waals surface area contributed by atoms with Crippen molar-refractivity contribution >= 4 is 34.6 Å². The predicted molar refractivity (Wildman–Crippen MR) is 181 cm³/mol. The molecule has 0 fully saturated rings. The van der Waals surface area contributed by atoms with Crippen LogP contribution < -0.4 is 9.47 Å². The summed E-state index contributed by atoms with van der Waals surface area (Å²) in [5, 5.41) is 18.9. The molecule has 4 rings (SSSR count). The molecule has 10 nitrogen and oxygen atoms in total. The lowest BCUT2D eigenvalue weighted by Gasteiger charge is -2.05.